The molecule has 0 radical (unpaired) electrons. The lowest BCUT2D eigenvalue weighted by Gasteiger charge is -2.11. The van der Waals surface area contributed by atoms with E-state index in [2.05, 4.69) is 15.3 Å². The minimum Gasteiger partial charge on any atom is -0.490 e. The summed E-state index contributed by atoms with van der Waals surface area (Å²) in [6.45, 7) is 0.410. The molecule has 5 nitrogen and oxygen atoms in total. The summed E-state index contributed by atoms with van der Waals surface area (Å²) in [7, 11) is 1.48. The van der Waals surface area contributed by atoms with Crippen LogP contribution in [0.15, 0.2) is 24.5 Å². The van der Waals surface area contributed by atoms with E-state index in [-0.39, 0.29) is 10.8 Å². The first-order valence-electron chi connectivity index (χ1n) is 5.44. The molecule has 1 aromatic carbocycles. The molecular formula is C12H12ClFN4O. The van der Waals surface area contributed by atoms with E-state index >= 15 is 0 Å². The molecule has 0 bridgehead atoms. The number of anilines is 2. The molecule has 0 saturated carbocycles. The van der Waals surface area contributed by atoms with Gasteiger partial charge in [0.15, 0.2) is 11.6 Å². The highest BCUT2D eigenvalue weighted by Gasteiger charge is 2.09. The van der Waals surface area contributed by atoms with Gasteiger partial charge in [0.25, 0.3) is 0 Å². The molecule has 1 heterocycles. The standard InChI is InChI=1S/C12H12ClFN4O/c1-19-10-11(15)17-6-18-12(10)16-5-7-2-3-9(14)8(13)4-7/h2-4,6H,5H2,1H3,(H3,15,16,17,18). The molecule has 2 aromatic rings. The summed E-state index contributed by atoms with van der Waals surface area (Å²) in [5, 5.41) is 3.11. The highest BCUT2D eigenvalue weighted by molar-refractivity contribution is 6.30. The number of aromatic nitrogens is 2. The molecule has 1 aromatic heterocycles. The highest BCUT2D eigenvalue weighted by atomic mass is 35.5. The van der Waals surface area contributed by atoms with Gasteiger partial charge in [-0.25, -0.2) is 14.4 Å². The lowest BCUT2D eigenvalue weighted by atomic mass is 10.2. The van der Waals surface area contributed by atoms with Crippen molar-refractivity contribution in [2.75, 3.05) is 18.2 Å². The zero-order valence-corrected chi connectivity index (χ0v) is 10.9. The van der Waals surface area contributed by atoms with Crippen molar-refractivity contribution in [1.82, 2.24) is 9.97 Å². The van der Waals surface area contributed by atoms with Gasteiger partial charge in [-0.2, -0.15) is 0 Å². The van der Waals surface area contributed by atoms with E-state index < -0.39 is 5.82 Å². The molecule has 0 atom stereocenters. The second-order valence-electron chi connectivity index (χ2n) is 3.74. The summed E-state index contributed by atoms with van der Waals surface area (Å²) in [5.74, 6) is 0.637. The van der Waals surface area contributed by atoms with Crippen LogP contribution in [0.2, 0.25) is 5.02 Å². The number of halogens is 2. The summed E-state index contributed by atoms with van der Waals surface area (Å²) < 4.78 is 18.1. The van der Waals surface area contributed by atoms with Gasteiger partial charge < -0.3 is 15.8 Å². The number of hydrogen-bond donors (Lipinski definition) is 2. The Hall–Kier alpha value is -2.08. The minimum atomic E-state index is -0.450. The average molecular weight is 283 g/mol. The lowest BCUT2D eigenvalue weighted by molar-refractivity contribution is 0.415. The van der Waals surface area contributed by atoms with E-state index in [0.29, 0.717) is 18.1 Å². The first-order valence-corrected chi connectivity index (χ1v) is 5.82. The van der Waals surface area contributed by atoms with E-state index in [0.717, 1.165) is 5.56 Å². The van der Waals surface area contributed by atoms with Crippen LogP contribution in [0.3, 0.4) is 0 Å². The van der Waals surface area contributed by atoms with Crippen LogP contribution in [0, 0.1) is 5.82 Å². The van der Waals surface area contributed by atoms with Crippen LogP contribution < -0.4 is 15.8 Å². The van der Waals surface area contributed by atoms with Crippen molar-refractivity contribution < 1.29 is 9.13 Å². The Labute approximate surface area is 114 Å². The van der Waals surface area contributed by atoms with Crippen LogP contribution in [0.25, 0.3) is 0 Å². The minimum absolute atomic E-state index is 0.0773. The fourth-order valence-corrected chi connectivity index (χ4v) is 1.75. The normalized spacial score (nSPS) is 10.3. The smallest absolute Gasteiger partial charge is 0.203 e. The maximum absolute atomic E-state index is 13.0. The van der Waals surface area contributed by atoms with Gasteiger partial charge in [0.1, 0.15) is 12.1 Å². The number of hydrogen-bond acceptors (Lipinski definition) is 5. The number of ether oxygens (including phenoxy) is 1. The summed E-state index contributed by atoms with van der Waals surface area (Å²) in [6.07, 6.45) is 1.33. The molecule has 0 aliphatic rings. The van der Waals surface area contributed by atoms with Gasteiger partial charge in [-0.05, 0) is 17.7 Å². The maximum atomic E-state index is 13.0. The maximum Gasteiger partial charge on any atom is 0.203 e. The molecule has 3 N–H and O–H groups in total. The Balaban J connectivity index is 2.14. The average Bonchev–Trinajstić information content (AvgIpc) is 2.40. The third-order valence-electron chi connectivity index (χ3n) is 2.48. The number of rotatable bonds is 4. The molecule has 2 rings (SSSR count). The van der Waals surface area contributed by atoms with Gasteiger partial charge in [-0.1, -0.05) is 17.7 Å². The SMILES string of the molecule is COc1c(N)ncnc1NCc1ccc(F)c(Cl)c1. The van der Waals surface area contributed by atoms with E-state index in [9.17, 15) is 4.39 Å². The number of benzene rings is 1. The number of nitrogens with two attached hydrogens (primary N) is 1. The van der Waals surface area contributed by atoms with Crippen LogP contribution in [0.1, 0.15) is 5.56 Å². The summed E-state index contributed by atoms with van der Waals surface area (Å²) in [6, 6.07) is 4.48. The summed E-state index contributed by atoms with van der Waals surface area (Å²) in [4.78, 5) is 7.85. The van der Waals surface area contributed by atoms with Gasteiger partial charge >= 0.3 is 0 Å². The van der Waals surface area contributed by atoms with Crippen molar-refractivity contribution in [3.05, 3.63) is 40.9 Å². The fraction of sp³-hybridized carbons (Fsp3) is 0.167. The molecule has 7 heteroatoms. The molecule has 0 amide bonds. The number of nitrogen functional groups attached to an aromatic ring is 1. The molecule has 0 aliphatic carbocycles. The van der Waals surface area contributed by atoms with E-state index in [1.54, 1.807) is 12.1 Å². The van der Waals surface area contributed by atoms with Gasteiger partial charge in [-0.3, -0.25) is 0 Å². The zero-order chi connectivity index (χ0) is 13.8. The van der Waals surface area contributed by atoms with E-state index in [1.807, 2.05) is 0 Å². The number of methoxy groups -OCH3 is 1. The largest absolute Gasteiger partial charge is 0.490 e. The first-order chi connectivity index (χ1) is 9.11. The third-order valence-corrected chi connectivity index (χ3v) is 2.77. The summed E-state index contributed by atoms with van der Waals surface area (Å²) >= 11 is 5.71. The highest BCUT2D eigenvalue weighted by Crippen LogP contribution is 2.26. The fourth-order valence-electron chi connectivity index (χ4n) is 1.55. The van der Waals surface area contributed by atoms with Crippen LogP contribution in [0.4, 0.5) is 16.0 Å². The van der Waals surface area contributed by atoms with Crippen molar-refractivity contribution in [1.29, 1.82) is 0 Å². The van der Waals surface area contributed by atoms with E-state index in [4.69, 9.17) is 22.1 Å². The molecule has 0 fully saturated rings. The zero-order valence-electron chi connectivity index (χ0n) is 10.2. The Kier molecular flexibility index (Phi) is 4.01. The van der Waals surface area contributed by atoms with Gasteiger partial charge in [0, 0.05) is 6.54 Å². The third kappa shape index (κ3) is 3.03. The lowest BCUT2D eigenvalue weighted by Crippen LogP contribution is -2.06. The van der Waals surface area contributed by atoms with Crippen LogP contribution >= 0.6 is 11.6 Å². The molecule has 100 valence electrons. The predicted molar refractivity (Wildman–Crippen MR) is 71.7 cm³/mol. The monoisotopic (exact) mass is 282 g/mol. The van der Waals surface area contributed by atoms with Crippen LogP contribution in [-0.2, 0) is 6.54 Å². The Morgan fingerprint density at radius 3 is 2.89 bits per heavy atom. The Morgan fingerprint density at radius 1 is 1.42 bits per heavy atom. The second kappa shape index (κ2) is 5.71. The van der Waals surface area contributed by atoms with Gasteiger partial charge in [0.2, 0.25) is 5.75 Å². The molecular weight excluding hydrogens is 271 g/mol. The van der Waals surface area contributed by atoms with Crippen molar-refractivity contribution in [2.45, 2.75) is 6.54 Å². The Bertz CT molecular complexity index is 594. The Morgan fingerprint density at radius 2 is 2.21 bits per heavy atom. The summed E-state index contributed by atoms with van der Waals surface area (Å²) in [5.41, 5.74) is 6.47. The first kappa shape index (κ1) is 13.4. The molecule has 0 aliphatic heterocycles. The van der Waals surface area contributed by atoms with E-state index in [1.165, 1.54) is 19.5 Å². The van der Waals surface area contributed by atoms with Crippen LogP contribution in [-0.4, -0.2) is 17.1 Å². The van der Waals surface area contributed by atoms with Crippen LogP contribution in [0.5, 0.6) is 5.75 Å². The second-order valence-corrected chi connectivity index (χ2v) is 4.15. The van der Waals surface area contributed by atoms with Crippen molar-refractivity contribution in [2.24, 2.45) is 0 Å². The topological polar surface area (TPSA) is 73.1 Å². The number of nitrogens with one attached hydrogen (secondary N) is 1. The molecule has 0 spiro atoms. The predicted octanol–water partition coefficient (Wildman–Crippen LogP) is 2.47. The van der Waals surface area contributed by atoms with Crippen molar-refractivity contribution in [3.63, 3.8) is 0 Å². The quantitative estimate of drug-likeness (QED) is 0.901. The molecule has 19 heavy (non-hydrogen) atoms. The molecule has 0 unspecified atom stereocenters. The van der Waals surface area contributed by atoms with Crippen molar-refractivity contribution >= 4 is 23.2 Å². The van der Waals surface area contributed by atoms with Gasteiger partial charge in [-0.15, -0.1) is 0 Å². The van der Waals surface area contributed by atoms with Gasteiger partial charge in [0.05, 0.1) is 12.1 Å². The molecule has 0 saturated heterocycles. The van der Waals surface area contributed by atoms with Crippen molar-refractivity contribution in [3.8, 4) is 5.75 Å². The number of nitrogens with zero attached hydrogens (tertiary/aromatic N) is 2.